The maximum absolute atomic E-state index is 12.7. The lowest BCUT2D eigenvalue weighted by molar-refractivity contribution is -0.137. The molecule has 2 amide bonds. The zero-order chi connectivity index (χ0) is 22.4. The Balaban J connectivity index is 1.71. The fourth-order valence-corrected chi connectivity index (χ4v) is 4.37. The average Bonchev–Trinajstić information content (AvgIpc) is 3.00. The summed E-state index contributed by atoms with van der Waals surface area (Å²) in [5, 5.41) is 8.69. The Bertz CT molecular complexity index is 1070. The van der Waals surface area contributed by atoms with Crippen molar-refractivity contribution in [2.75, 3.05) is 6.54 Å². The summed E-state index contributed by atoms with van der Waals surface area (Å²) in [6, 6.07) is 12.3. The van der Waals surface area contributed by atoms with Crippen LogP contribution < -0.4 is 5.73 Å². The van der Waals surface area contributed by atoms with Crippen molar-refractivity contribution in [2.24, 2.45) is 5.73 Å². The van der Waals surface area contributed by atoms with Gasteiger partial charge in [-0.1, -0.05) is 48.6 Å². The van der Waals surface area contributed by atoms with Crippen LogP contribution in [0.1, 0.15) is 41.7 Å². The number of thioether (sulfide) groups is 1. The van der Waals surface area contributed by atoms with E-state index in [9.17, 15) is 14.4 Å². The molecule has 0 bridgehead atoms. The Labute approximate surface area is 189 Å². The third kappa shape index (κ3) is 5.99. The topological polar surface area (TPSA) is 114 Å². The molecule has 31 heavy (non-hydrogen) atoms. The molecule has 1 aliphatic heterocycles. The number of hydrogen-bond donors (Lipinski definition) is 2. The van der Waals surface area contributed by atoms with Crippen LogP contribution in [0.2, 0.25) is 0 Å². The van der Waals surface area contributed by atoms with Crippen molar-refractivity contribution < 1.29 is 19.5 Å². The Morgan fingerprint density at radius 3 is 2.68 bits per heavy atom. The standard InChI is InChI=1S/C22H21N3O4S2/c23-20(28)15-7-4-6-14(12-15)17-9-5-8-16(24-17)13-18-21(29)25(22(30)31-18)11-3-1-2-10-19(26)27/h4-9,12-13H,1-3,10-11H2,(H2,23,28)(H,26,27)/b18-13-. The lowest BCUT2D eigenvalue weighted by Crippen LogP contribution is -2.29. The Morgan fingerprint density at radius 1 is 1.16 bits per heavy atom. The number of nitrogens with two attached hydrogens (primary N) is 1. The molecule has 0 unspecified atom stereocenters. The van der Waals surface area contributed by atoms with Crippen molar-refractivity contribution in [2.45, 2.75) is 25.7 Å². The summed E-state index contributed by atoms with van der Waals surface area (Å²) >= 11 is 6.57. The number of benzene rings is 1. The van der Waals surface area contributed by atoms with Gasteiger partial charge in [-0.25, -0.2) is 4.98 Å². The molecular formula is C22H21N3O4S2. The summed E-state index contributed by atoms with van der Waals surface area (Å²) < 4.78 is 0.486. The van der Waals surface area contributed by atoms with Crippen molar-refractivity contribution in [3.8, 4) is 11.3 Å². The van der Waals surface area contributed by atoms with E-state index in [0.29, 0.717) is 45.6 Å². The molecule has 1 aromatic carbocycles. The predicted molar refractivity (Wildman–Crippen MR) is 124 cm³/mol. The lowest BCUT2D eigenvalue weighted by atomic mass is 10.1. The van der Waals surface area contributed by atoms with Gasteiger partial charge in [0.25, 0.3) is 5.91 Å². The number of carboxylic acid groups (broad SMARTS) is 1. The van der Waals surface area contributed by atoms with E-state index in [4.69, 9.17) is 23.1 Å². The summed E-state index contributed by atoms with van der Waals surface area (Å²) in [7, 11) is 0. The van der Waals surface area contributed by atoms with Crippen molar-refractivity contribution in [1.29, 1.82) is 0 Å². The van der Waals surface area contributed by atoms with Crippen LogP contribution >= 0.6 is 24.0 Å². The number of amides is 2. The predicted octanol–water partition coefficient (Wildman–Crippen LogP) is 3.69. The SMILES string of the molecule is NC(=O)c1cccc(-c2cccc(/C=C3\SC(=S)N(CCCCCC(=O)O)C3=O)n2)c1. The molecule has 160 valence electrons. The monoisotopic (exact) mass is 455 g/mol. The highest BCUT2D eigenvalue weighted by molar-refractivity contribution is 8.26. The first-order chi connectivity index (χ1) is 14.8. The Kier molecular flexibility index (Phi) is 7.54. The highest BCUT2D eigenvalue weighted by atomic mass is 32.2. The molecule has 2 aromatic rings. The quantitative estimate of drug-likeness (QED) is 0.337. The molecule has 0 atom stereocenters. The van der Waals surface area contributed by atoms with Crippen LogP contribution in [0.3, 0.4) is 0 Å². The van der Waals surface area contributed by atoms with Crippen molar-refractivity contribution in [3.05, 3.63) is 58.6 Å². The van der Waals surface area contributed by atoms with Gasteiger partial charge in [0.2, 0.25) is 5.91 Å². The van der Waals surface area contributed by atoms with Crippen LogP contribution in [0.25, 0.3) is 17.3 Å². The zero-order valence-electron chi connectivity index (χ0n) is 16.6. The first-order valence-electron chi connectivity index (χ1n) is 9.69. The van der Waals surface area contributed by atoms with Gasteiger partial charge in [-0.2, -0.15) is 0 Å². The first kappa shape index (κ1) is 22.6. The molecule has 9 heteroatoms. The average molecular weight is 456 g/mol. The molecule has 3 rings (SSSR count). The zero-order valence-corrected chi connectivity index (χ0v) is 18.2. The van der Waals surface area contributed by atoms with Gasteiger partial charge in [-0.3, -0.25) is 19.3 Å². The highest BCUT2D eigenvalue weighted by Gasteiger charge is 2.31. The van der Waals surface area contributed by atoms with Gasteiger partial charge in [0.15, 0.2) is 0 Å². The molecule has 1 saturated heterocycles. The van der Waals surface area contributed by atoms with Crippen molar-refractivity contribution in [3.63, 3.8) is 0 Å². The van der Waals surface area contributed by atoms with E-state index in [2.05, 4.69) is 4.98 Å². The van der Waals surface area contributed by atoms with E-state index in [1.54, 1.807) is 35.2 Å². The van der Waals surface area contributed by atoms with Gasteiger partial charge in [0, 0.05) is 24.1 Å². The smallest absolute Gasteiger partial charge is 0.303 e. The van der Waals surface area contributed by atoms with Gasteiger partial charge < -0.3 is 10.8 Å². The van der Waals surface area contributed by atoms with Crippen LogP contribution in [-0.2, 0) is 9.59 Å². The lowest BCUT2D eigenvalue weighted by Gasteiger charge is -2.13. The molecule has 0 radical (unpaired) electrons. The van der Waals surface area contributed by atoms with E-state index in [1.807, 2.05) is 18.2 Å². The number of unbranched alkanes of at least 4 members (excludes halogenated alkanes) is 2. The number of hydrogen-bond acceptors (Lipinski definition) is 6. The number of carbonyl (C=O) groups excluding carboxylic acids is 2. The second kappa shape index (κ2) is 10.3. The number of primary amides is 1. The number of pyridine rings is 1. The fraction of sp³-hybridized carbons (Fsp3) is 0.227. The molecule has 1 aromatic heterocycles. The number of thiocarbonyl (C=S) groups is 1. The largest absolute Gasteiger partial charge is 0.481 e. The molecule has 1 aliphatic rings. The fourth-order valence-electron chi connectivity index (χ4n) is 3.07. The molecule has 2 heterocycles. The van der Waals surface area contributed by atoms with Gasteiger partial charge in [-0.05, 0) is 43.2 Å². The van der Waals surface area contributed by atoms with Crippen LogP contribution in [0.5, 0.6) is 0 Å². The number of rotatable bonds is 9. The van der Waals surface area contributed by atoms with Crippen LogP contribution in [-0.4, -0.2) is 43.6 Å². The minimum atomic E-state index is -0.815. The van der Waals surface area contributed by atoms with E-state index in [0.717, 1.165) is 12.0 Å². The third-order valence-electron chi connectivity index (χ3n) is 4.64. The number of aliphatic carboxylic acids is 1. The molecule has 0 aliphatic carbocycles. The number of aromatic nitrogens is 1. The Hall–Kier alpha value is -3.04. The van der Waals surface area contributed by atoms with Crippen LogP contribution in [0, 0.1) is 0 Å². The number of carboxylic acids is 1. The summed E-state index contributed by atoms with van der Waals surface area (Å²) in [5.41, 5.74) is 7.76. The van der Waals surface area contributed by atoms with E-state index in [-0.39, 0.29) is 12.3 Å². The number of carbonyl (C=O) groups is 3. The maximum Gasteiger partial charge on any atom is 0.303 e. The van der Waals surface area contributed by atoms with Crippen molar-refractivity contribution >= 4 is 52.2 Å². The second-order valence-corrected chi connectivity index (χ2v) is 8.61. The normalized spacial score (nSPS) is 15.0. The third-order valence-corrected chi connectivity index (χ3v) is 6.02. The molecular weight excluding hydrogens is 434 g/mol. The molecule has 3 N–H and O–H groups in total. The van der Waals surface area contributed by atoms with Gasteiger partial charge in [-0.15, -0.1) is 0 Å². The first-order valence-corrected chi connectivity index (χ1v) is 10.9. The minimum absolute atomic E-state index is 0.128. The van der Waals surface area contributed by atoms with E-state index < -0.39 is 11.9 Å². The van der Waals surface area contributed by atoms with Gasteiger partial charge in [0.1, 0.15) is 4.32 Å². The van der Waals surface area contributed by atoms with Crippen LogP contribution in [0.15, 0.2) is 47.4 Å². The summed E-state index contributed by atoms with van der Waals surface area (Å²) in [5.74, 6) is -1.49. The highest BCUT2D eigenvalue weighted by Crippen LogP contribution is 2.33. The van der Waals surface area contributed by atoms with E-state index >= 15 is 0 Å². The van der Waals surface area contributed by atoms with E-state index in [1.165, 1.54) is 11.8 Å². The maximum atomic E-state index is 12.7. The minimum Gasteiger partial charge on any atom is -0.481 e. The summed E-state index contributed by atoms with van der Waals surface area (Å²) in [6.07, 6.45) is 3.81. The van der Waals surface area contributed by atoms with Crippen molar-refractivity contribution in [1.82, 2.24) is 9.88 Å². The molecule has 0 spiro atoms. The van der Waals surface area contributed by atoms with Gasteiger partial charge >= 0.3 is 5.97 Å². The second-order valence-electron chi connectivity index (χ2n) is 6.93. The molecule has 7 nitrogen and oxygen atoms in total. The summed E-state index contributed by atoms with van der Waals surface area (Å²) in [4.78, 5) is 41.4. The van der Waals surface area contributed by atoms with Gasteiger partial charge in [0.05, 0.1) is 16.3 Å². The molecule has 1 fully saturated rings. The number of nitrogens with zero attached hydrogens (tertiary/aromatic N) is 2. The molecule has 0 saturated carbocycles. The Morgan fingerprint density at radius 2 is 1.94 bits per heavy atom. The van der Waals surface area contributed by atoms with Crippen LogP contribution in [0.4, 0.5) is 0 Å². The summed E-state index contributed by atoms with van der Waals surface area (Å²) in [6.45, 7) is 0.467.